The van der Waals surface area contributed by atoms with Crippen LogP contribution in [0.4, 0.5) is 10.2 Å². The summed E-state index contributed by atoms with van der Waals surface area (Å²) in [6, 6.07) is 6.65. The number of pyridine rings is 1. The van der Waals surface area contributed by atoms with Gasteiger partial charge in [-0.25, -0.2) is 9.37 Å². The summed E-state index contributed by atoms with van der Waals surface area (Å²) in [5, 5.41) is 13.6. The number of nitrogen functional groups attached to an aromatic ring is 1. The fraction of sp³-hybridized carbons (Fsp3) is 0.478. The van der Waals surface area contributed by atoms with Gasteiger partial charge in [0.2, 0.25) is 0 Å². The summed E-state index contributed by atoms with van der Waals surface area (Å²) in [6.07, 6.45) is 2.83. The Hall–Kier alpha value is -1.93. The van der Waals surface area contributed by atoms with Crippen LogP contribution in [0, 0.1) is 11.2 Å². The van der Waals surface area contributed by atoms with E-state index in [2.05, 4.69) is 24.1 Å². The zero-order valence-corrected chi connectivity index (χ0v) is 19.5. The van der Waals surface area contributed by atoms with Crippen molar-refractivity contribution in [3.63, 3.8) is 0 Å². The van der Waals surface area contributed by atoms with Crippen molar-refractivity contribution >= 4 is 35.0 Å². The van der Waals surface area contributed by atoms with Gasteiger partial charge in [0.15, 0.2) is 0 Å². The van der Waals surface area contributed by atoms with Gasteiger partial charge < -0.3 is 16.6 Å². The Bertz CT molecular complexity index is 1070. The van der Waals surface area contributed by atoms with Gasteiger partial charge in [-0.05, 0) is 48.8 Å². The van der Waals surface area contributed by atoms with Crippen molar-refractivity contribution in [2.45, 2.75) is 62.6 Å². The van der Waals surface area contributed by atoms with E-state index in [1.807, 2.05) is 0 Å². The van der Waals surface area contributed by atoms with Crippen molar-refractivity contribution in [2.75, 3.05) is 5.73 Å². The molecule has 1 saturated carbocycles. The maximum absolute atomic E-state index is 15.3. The average Bonchev–Trinajstić information content (AvgIpc) is 2.96. The van der Waals surface area contributed by atoms with Crippen LogP contribution >= 0.6 is 23.2 Å². The SMILES string of the molecule is CC1(C)CCC2(CC1)N[C@@H](C(=O)O)[C@H](c1cccc(Cl)c1F)[C@]2(N)c1ccc(Cl)nc1N. The van der Waals surface area contributed by atoms with Gasteiger partial charge >= 0.3 is 5.97 Å². The summed E-state index contributed by atoms with van der Waals surface area (Å²) in [5.74, 6) is -2.68. The van der Waals surface area contributed by atoms with Crippen molar-refractivity contribution in [2.24, 2.45) is 11.1 Å². The number of aromatic nitrogens is 1. The molecule has 1 aliphatic heterocycles. The summed E-state index contributed by atoms with van der Waals surface area (Å²) in [6.45, 7) is 4.35. The fourth-order valence-corrected chi connectivity index (χ4v) is 5.92. The van der Waals surface area contributed by atoms with E-state index in [4.69, 9.17) is 34.7 Å². The summed E-state index contributed by atoms with van der Waals surface area (Å²) in [4.78, 5) is 16.6. The van der Waals surface area contributed by atoms with E-state index in [9.17, 15) is 9.90 Å². The van der Waals surface area contributed by atoms with E-state index in [-0.39, 0.29) is 27.0 Å². The number of nitrogens with one attached hydrogen (secondary N) is 1. The Morgan fingerprint density at radius 2 is 1.84 bits per heavy atom. The monoisotopic (exact) mass is 480 g/mol. The molecule has 0 radical (unpaired) electrons. The molecule has 0 amide bonds. The minimum absolute atomic E-state index is 0.0791. The first-order chi connectivity index (χ1) is 14.9. The van der Waals surface area contributed by atoms with E-state index in [0.717, 1.165) is 12.8 Å². The van der Waals surface area contributed by atoms with Gasteiger partial charge in [-0.2, -0.15) is 0 Å². The predicted molar refractivity (Wildman–Crippen MR) is 123 cm³/mol. The largest absolute Gasteiger partial charge is 0.480 e. The second kappa shape index (κ2) is 7.83. The molecule has 3 atom stereocenters. The number of carbonyl (C=O) groups is 1. The summed E-state index contributed by atoms with van der Waals surface area (Å²) in [7, 11) is 0. The third-order valence-electron chi connectivity index (χ3n) is 7.42. The fourth-order valence-electron chi connectivity index (χ4n) is 5.59. The number of halogens is 3. The number of benzene rings is 1. The highest BCUT2D eigenvalue weighted by Gasteiger charge is 2.66. The standard InChI is InChI=1S/C23H27Cl2FN4O2/c1-21(2)8-10-22(11-9-21)23(28,13-6-7-15(25)29-19(13)27)16(18(30-22)20(31)32)12-4-3-5-14(24)17(12)26/h3-7,16,18,30H,8-11,28H2,1-2H3,(H2,27,29)(H,31,32)/t16-,18+,23+/m0/s1. The molecule has 172 valence electrons. The molecule has 4 rings (SSSR count). The van der Waals surface area contributed by atoms with Crippen molar-refractivity contribution < 1.29 is 14.3 Å². The molecule has 9 heteroatoms. The molecule has 1 saturated heterocycles. The van der Waals surface area contributed by atoms with Crippen LogP contribution in [-0.4, -0.2) is 27.6 Å². The Labute approximate surface area is 196 Å². The molecule has 1 aliphatic carbocycles. The van der Waals surface area contributed by atoms with E-state index in [1.165, 1.54) is 12.1 Å². The van der Waals surface area contributed by atoms with E-state index in [0.29, 0.717) is 18.4 Å². The topological polar surface area (TPSA) is 114 Å². The van der Waals surface area contributed by atoms with Crippen LogP contribution in [0.2, 0.25) is 10.2 Å². The minimum atomic E-state index is -1.38. The van der Waals surface area contributed by atoms with Gasteiger partial charge in [0.25, 0.3) is 0 Å². The molecular weight excluding hydrogens is 454 g/mol. The van der Waals surface area contributed by atoms with Crippen molar-refractivity contribution in [3.05, 3.63) is 57.5 Å². The van der Waals surface area contributed by atoms with Gasteiger partial charge in [0.05, 0.1) is 10.6 Å². The highest BCUT2D eigenvalue weighted by molar-refractivity contribution is 6.30. The molecule has 0 unspecified atom stereocenters. The Balaban J connectivity index is 2.00. The second-order valence-electron chi connectivity index (χ2n) is 9.76. The van der Waals surface area contributed by atoms with Crippen LogP contribution in [0.1, 0.15) is 56.6 Å². The number of rotatable bonds is 3. The molecule has 6 N–H and O–H groups in total. The van der Waals surface area contributed by atoms with Gasteiger partial charge in [0.1, 0.15) is 22.8 Å². The quantitative estimate of drug-likeness (QED) is 0.482. The summed E-state index contributed by atoms with van der Waals surface area (Å²) in [5.41, 5.74) is 12.0. The number of hydrogen-bond acceptors (Lipinski definition) is 5. The van der Waals surface area contributed by atoms with Gasteiger partial charge in [-0.1, -0.05) is 55.2 Å². The van der Waals surface area contributed by atoms with E-state index < -0.39 is 34.8 Å². The Morgan fingerprint density at radius 1 is 1.19 bits per heavy atom. The van der Waals surface area contributed by atoms with Crippen LogP contribution in [0.15, 0.2) is 30.3 Å². The lowest BCUT2D eigenvalue weighted by molar-refractivity contribution is -0.139. The number of nitrogens with two attached hydrogens (primary N) is 2. The van der Waals surface area contributed by atoms with Crippen LogP contribution < -0.4 is 16.8 Å². The average molecular weight is 481 g/mol. The third-order valence-corrected chi connectivity index (χ3v) is 7.93. The first kappa shape index (κ1) is 23.2. The minimum Gasteiger partial charge on any atom is -0.480 e. The van der Waals surface area contributed by atoms with Crippen molar-refractivity contribution in [3.8, 4) is 0 Å². The second-order valence-corrected chi connectivity index (χ2v) is 10.6. The molecule has 1 spiro atoms. The summed E-state index contributed by atoms with van der Waals surface area (Å²) >= 11 is 12.1. The number of carboxylic acid groups (broad SMARTS) is 1. The molecular formula is C23H27Cl2FN4O2. The van der Waals surface area contributed by atoms with Crippen LogP contribution in [0.25, 0.3) is 0 Å². The maximum Gasteiger partial charge on any atom is 0.321 e. The number of anilines is 1. The first-order valence-electron chi connectivity index (χ1n) is 10.6. The van der Waals surface area contributed by atoms with Gasteiger partial charge in [0, 0.05) is 17.0 Å². The third kappa shape index (κ3) is 3.46. The zero-order chi connectivity index (χ0) is 23.5. The first-order valence-corrected chi connectivity index (χ1v) is 11.3. The highest BCUT2D eigenvalue weighted by atomic mass is 35.5. The lowest BCUT2D eigenvalue weighted by atomic mass is 9.58. The van der Waals surface area contributed by atoms with Gasteiger partial charge in [-0.3, -0.25) is 10.1 Å². The maximum atomic E-state index is 15.3. The van der Waals surface area contributed by atoms with Gasteiger partial charge in [-0.15, -0.1) is 0 Å². The highest BCUT2D eigenvalue weighted by Crippen LogP contribution is 2.58. The molecule has 6 nitrogen and oxygen atoms in total. The Morgan fingerprint density at radius 3 is 2.44 bits per heavy atom. The van der Waals surface area contributed by atoms with E-state index in [1.54, 1.807) is 18.2 Å². The summed E-state index contributed by atoms with van der Waals surface area (Å²) < 4.78 is 15.3. The molecule has 0 bridgehead atoms. The van der Waals surface area contributed by atoms with Crippen molar-refractivity contribution in [1.82, 2.24) is 10.3 Å². The smallest absolute Gasteiger partial charge is 0.321 e. The number of carboxylic acids is 1. The molecule has 1 aromatic heterocycles. The van der Waals surface area contributed by atoms with Crippen molar-refractivity contribution in [1.29, 1.82) is 0 Å². The molecule has 2 aliphatic rings. The molecule has 2 heterocycles. The normalized spacial score (nSPS) is 28.7. The molecule has 32 heavy (non-hydrogen) atoms. The molecule has 2 fully saturated rings. The molecule has 2 aromatic rings. The van der Waals surface area contributed by atoms with Crippen LogP contribution in [0.5, 0.6) is 0 Å². The molecule has 1 aromatic carbocycles. The number of aliphatic carboxylic acids is 1. The lowest BCUT2D eigenvalue weighted by Gasteiger charge is -2.51. The Kier molecular flexibility index (Phi) is 5.69. The predicted octanol–water partition coefficient (Wildman–Crippen LogP) is 4.44. The number of nitrogens with zero attached hydrogens (tertiary/aromatic N) is 1. The zero-order valence-electron chi connectivity index (χ0n) is 18.0. The lowest BCUT2D eigenvalue weighted by Crippen LogP contribution is -2.63. The number of hydrogen-bond donors (Lipinski definition) is 4. The van der Waals surface area contributed by atoms with Crippen LogP contribution in [-0.2, 0) is 10.3 Å². The van der Waals surface area contributed by atoms with E-state index >= 15 is 4.39 Å². The van der Waals surface area contributed by atoms with Crippen LogP contribution in [0.3, 0.4) is 0 Å².